The Morgan fingerprint density at radius 3 is 2.62 bits per heavy atom. The molecule has 0 spiro atoms. The summed E-state index contributed by atoms with van der Waals surface area (Å²) in [5.74, 6) is 0. The second-order valence-corrected chi connectivity index (χ2v) is 2.37. The summed E-state index contributed by atoms with van der Waals surface area (Å²) in [6, 6.07) is 0.403. The van der Waals surface area contributed by atoms with Gasteiger partial charge in [-0.3, -0.25) is 0 Å². The molecule has 0 amide bonds. The van der Waals surface area contributed by atoms with Crippen molar-refractivity contribution < 1.29 is 5.11 Å². The van der Waals surface area contributed by atoms with Gasteiger partial charge in [0.1, 0.15) is 0 Å². The van der Waals surface area contributed by atoms with E-state index >= 15 is 0 Å². The van der Waals surface area contributed by atoms with E-state index in [-0.39, 0.29) is 6.10 Å². The zero-order valence-electron chi connectivity index (χ0n) is 5.22. The third-order valence-corrected chi connectivity index (χ3v) is 1.65. The number of β-amino-alcohol motifs (C(OH)–C–C–N with tert-alkyl or cyclic N) is 1. The maximum atomic E-state index is 8.98. The molecule has 1 aliphatic rings. The van der Waals surface area contributed by atoms with Crippen LogP contribution >= 0.6 is 0 Å². The van der Waals surface area contributed by atoms with Gasteiger partial charge in [-0.15, -0.1) is 0 Å². The fraction of sp³-hybridized carbons (Fsp3) is 1.00. The van der Waals surface area contributed by atoms with Crippen LogP contribution in [0.3, 0.4) is 0 Å². The molecule has 0 radical (unpaired) electrons. The van der Waals surface area contributed by atoms with Crippen LogP contribution in [0.2, 0.25) is 0 Å². The van der Waals surface area contributed by atoms with Gasteiger partial charge in [-0.2, -0.15) is 0 Å². The van der Waals surface area contributed by atoms with E-state index in [9.17, 15) is 0 Å². The van der Waals surface area contributed by atoms with Crippen molar-refractivity contribution in [3.63, 3.8) is 0 Å². The van der Waals surface area contributed by atoms with Gasteiger partial charge in [0.05, 0.1) is 6.10 Å². The van der Waals surface area contributed by atoms with Crippen LogP contribution in [-0.4, -0.2) is 23.8 Å². The Kier molecular flexibility index (Phi) is 1.86. The molecule has 8 heavy (non-hydrogen) atoms. The highest BCUT2D eigenvalue weighted by atomic mass is 16.3. The van der Waals surface area contributed by atoms with Crippen molar-refractivity contribution in [2.24, 2.45) is 0 Å². The Hall–Kier alpha value is -0.0800. The fourth-order valence-corrected chi connectivity index (χ4v) is 0.995. The summed E-state index contributed by atoms with van der Waals surface area (Å²) in [4.78, 5) is 0. The number of nitrogens with one attached hydrogen (secondary N) is 1. The minimum atomic E-state index is -0.0602. The minimum Gasteiger partial charge on any atom is -0.390 e. The van der Waals surface area contributed by atoms with Gasteiger partial charge in [0.25, 0.3) is 0 Å². The van der Waals surface area contributed by atoms with Crippen LogP contribution in [0, 0.1) is 0 Å². The average molecular weight is 115 g/mol. The first-order valence-electron chi connectivity index (χ1n) is 3.26. The molecular formula is C6H13NO. The first-order valence-corrected chi connectivity index (χ1v) is 3.26. The molecule has 2 unspecified atom stereocenters. The zero-order valence-corrected chi connectivity index (χ0v) is 5.22. The highest BCUT2D eigenvalue weighted by molar-refractivity contribution is 4.86. The van der Waals surface area contributed by atoms with E-state index < -0.39 is 0 Å². The molecule has 0 aliphatic carbocycles. The van der Waals surface area contributed by atoms with Crippen molar-refractivity contribution in [3.8, 4) is 0 Å². The lowest BCUT2D eigenvalue weighted by Gasteiger charge is -2.33. The molecule has 0 saturated carbocycles. The fourth-order valence-electron chi connectivity index (χ4n) is 0.995. The molecule has 1 heterocycles. The lowest BCUT2D eigenvalue weighted by molar-refractivity contribution is 0.0568. The quantitative estimate of drug-likeness (QED) is 0.535. The van der Waals surface area contributed by atoms with E-state index in [1.165, 1.54) is 0 Å². The molecule has 0 aromatic heterocycles. The Morgan fingerprint density at radius 1 is 1.75 bits per heavy atom. The molecule has 2 nitrogen and oxygen atoms in total. The highest BCUT2D eigenvalue weighted by Gasteiger charge is 2.26. The third-order valence-electron chi connectivity index (χ3n) is 1.65. The van der Waals surface area contributed by atoms with Crippen LogP contribution in [0.15, 0.2) is 0 Å². The standard InChI is InChI=1S/C6H13NO/c1-2-3-5-6(8)4-7-5/h5-8H,2-4H2,1H3. The van der Waals surface area contributed by atoms with Crippen LogP contribution in [0.4, 0.5) is 0 Å². The van der Waals surface area contributed by atoms with Gasteiger partial charge < -0.3 is 10.4 Å². The molecule has 48 valence electrons. The van der Waals surface area contributed by atoms with Crippen molar-refractivity contribution in [2.45, 2.75) is 31.9 Å². The largest absolute Gasteiger partial charge is 0.390 e. The molecule has 0 aromatic rings. The van der Waals surface area contributed by atoms with Crippen LogP contribution in [-0.2, 0) is 0 Å². The molecule has 2 atom stereocenters. The van der Waals surface area contributed by atoms with Gasteiger partial charge in [-0.05, 0) is 6.42 Å². The summed E-state index contributed by atoms with van der Waals surface area (Å²) >= 11 is 0. The summed E-state index contributed by atoms with van der Waals surface area (Å²) < 4.78 is 0. The lowest BCUT2D eigenvalue weighted by Crippen LogP contribution is -2.56. The maximum Gasteiger partial charge on any atom is 0.0817 e. The van der Waals surface area contributed by atoms with E-state index in [1.807, 2.05) is 0 Å². The Balaban J connectivity index is 2.08. The van der Waals surface area contributed by atoms with E-state index in [4.69, 9.17) is 5.11 Å². The van der Waals surface area contributed by atoms with Crippen molar-refractivity contribution in [1.29, 1.82) is 0 Å². The molecule has 2 heteroatoms. The lowest BCUT2D eigenvalue weighted by atomic mass is 9.99. The van der Waals surface area contributed by atoms with Crippen LogP contribution in [0.5, 0.6) is 0 Å². The monoisotopic (exact) mass is 115 g/mol. The topological polar surface area (TPSA) is 32.3 Å². The van der Waals surface area contributed by atoms with Crippen molar-refractivity contribution in [1.82, 2.24) is 5.32 Å². The van der Waals surface area contributed by atoms with Gasteiger partial charge in [-0.1, -0.05) is 13.3 Å². The predicted octanol–water partition coefficient (Wildman–Crippen LogP) is 0.119. The zero-order chi connectivity index (χ0) is 5.98. The number of rotatable bonds is 2. The second-order valence-electron chi connectivity index (χ2n) is 2.37. The SMILES string of the molecule is CCCC1NCC1O. The summed E-state index contributed by atoms with van der Waals surface area (Å²) in [5.41, 5.74) is 0. The molecular weight excluding hydrogens is 102 g/mol. The van der Waals surface area contributed by atoms with E-state index in [1.54, 1.807) is 0 Å². The van der Waals surface area contributed by atoms with Gasteiger partial charge in [0.15, 0.2) is 0 Å². The number of hydrogen-bond acceptors (Lipinski definition) is 2. The highest BCUT2D eigenvalue weighted by Crippen LogP contribution is 2.08. The van der Waals surface area contributed by atoms with E-state index in [0.29, 0.717) is 6.04 Å². The Morgan fingerprint density at radius 2 is 2.50 bits per heavy atom. The van der Waals surface area contributed by atoms with Crippen LogP contribution in [0.25, 0.3) is 0 Å². The predicted molar refractivity (Wildman–Crippen MR) is 32.7 cm³/mol. The van der Waals surface area contributed by atoms with Gasteiger partial charge in [-0.25, -0.2) is 0 Å². The van der Waals surface area contributed by atoms with Crippen molar-refractivity contribution in [3.05, 3.63) is 0 Å². The van der Waals surface area contributed by atoms with Crippen molar-refractivity contribution in [2.75, 3.05) is 6.54 Å². The molecule has 0 aromatic carbocycles. The van der Waals surface area contributed by atoms with Gasteiger partial charge in [0, 0.05) is 12.6 Å². The molecule has 1 saturated heterocycles. The maximum absolute atomic E-state index is 8.98. The minimum absolute atomic E-state index is 0.0602. The summed E-state index contributed by atoms with van der Waals surface area (Å²) in [6.07, 6.45) is 2.21. The summed E-state index contributed by atoms with van der Waals surface area (Å²) in [6.45, 7) is 2.93. The average Bonchev–Trinajstić information content (AvgIpc) is 1.79. The first-order chi connectivity index (χ1) is 3.84. The Bertz CT molecular complexity index is 74.9. The summed E-state index contributed by atoms with van der Waals surface area (Å²) in [5, 5.41) is 12.1. The smallest absolute Gasteiger partial charge is 0.0817 e. The van der Waals surface area contributed by atoms with Crippen molar-refractivity contribution >= 4 is 0 Å². The number of aliphatic hydroxyl groups excluding tert-OH is 1. The number of hydrogen-bond donors (Lipinski definition) is 2. The number of aliphatic hydroxyl groups is 1. The molecule has 1 aliphatic heterocycles. The first kappa shape index (κ1) is 6.05. The summed E-state index contributed by atoms with van der Waals surface area (Å²) in [7, 11) is 0. The molecule has 1 rings (SSSR count). The van der Waals surface area contributed by atoms with Crippen LogP contribution in [0.1, 0.15) is 19.8 Å². The van der Waals surface area contributed by atoms with Gasteiger partial charge >= 0.3 is 0 Å². The molecule has 2 N–H and O–H groups in total. The third kappa shape index (κ3) is 1.01. The van der Waals surface area contributed by atoms with E-state index in [0.717, 1.165) is 19.4 Å². The molecule has 0 bridgehead atoms. The second kappa shape index (κ2) is 2.46. The van der Waals surface area contributed by atoms with Gasteiger partial charge in [0.2, 0.25) is 0 Å². The Labute approximate surface area is 49.9 Å². The van der Waals surface area contributed by atoms with Crippen LogP contribution < -0.4 is 5.32 Å². The van der Waals surface area contributed by atoms with E-state index in [2.05, 4.69) is 12.2 Å². The molecule has 1 fully saturated rings. The normalized spacial score (nSPS) is 36.8.